The maximum absolute atomic E-state index is 13.9. The van der Waals surface area contributed by atoms with E-state index < -0.39 is 28.9 Å². The van der Waals surface area contributed by atoms with Crippen LogP contribution < -0.4 is 15.4 Å². The van der Waals surface area contributed by atoms with E-state index >= 15 is 0 Å². The van der Waals surface area contributed by atoms with Crippen molar-refractivity contribution in [3.63, 3.8) is 0 Å². The molecule has 0 fully saturated rings. The Morgan fingerprint density at radius 3 is 2.58 bits per heavy atom. The van der Waals surface area contributed by atoms with E-state index in [1.54, 1.807) is 24.3 Å². The van der Waals surface area contributed by atoms with Crippen LogP contribution >= 0.6 is 0 Å². The highest BCUT2D eigenvalue weighted by Gasteiger charge is 2.14. The average molecular weight is 492 g/mol. The number of hydrogen-bond donors (Lipinski definition) is 3. The van der Waals surface area contributed by atoms with Crippen molar-refractivity contribution in [3.8, 4) is 5.75 Å². The molecule has 0 saturated carbocycles. The zero-order valence-corrected chi connectivity index (χ0v) is 18.8. The van der Waals surface area contributed by atoms with E-state index in [0.29, 0.717) is 16.9 Å². The number of ether oxygens (including phenoxy) is 1. The second-order valence-electron chi connectivity index (χ2n) is 7.47. The average Bonchev–Trinajstić information content (AvgIpc) is 2.86. The Bertz CT molecular complexity index is 1460. The fourth-order valence-corrected chi connectivity index (χ4v) is 3.24. The molecule has 0 aliphatic carbocycles. The minimum Gasteiger partial charge on any atom is -0.507 e. The molecule has 0 aliphatic rings. The molecule has 0 saturated heterocycles. The van der Waals surface area contributed by atoms with Crippen molar-refractivity contribution in [2.75, 3.05) is 17.7 Å². The van der Waals surface area contributed by atoms with Gasteiger partial charge in [0.1, 0.15) is 17.4 Å². The maximum Gasteiger partial charge on any atom is 0.258 e. The van der Waals surface area contributed by atoms with Crippen molar-refractivity contribution in [1.82, 2.24) is 9.97 Å². The van der Waals surface area contributed by atoms with Crippen LogP contribution in [0.5, 0.6) is 5.75 Å². The van der Waals surface area contributed by atoms with Gasteiger partial charge in [0.15, 0.2) is 11.6 Å². The fraction of sp³-hybridized carbons (Fsp3) is 0.0385. The van der Waals surface area contributed by atoms with E-state index in [-0.39, 0.29) is 23.1 Å². The van der Waals surface area contributed by atoms with E-state index in [1.165, 1.54) is 43.6 Å². The Morgan fingerprint density at radius 1 is 0.972 bits per heavy atom. The molecule has 1 aromatic heterocycles. The van der Waals surface area contributed by atoms with E-state index in [0.717, 1.165) is 18.2 Å². The summed E-state index contributed by atoms with van der Waals surface area (Å²) in [7, 11) is 1.37. The number of anilines is 3. The molecule has 36 heavy (non-hydrogen) atoms. The third kappa shape index (κ3) is 5.79. The van der Waals surface area contributed by atoms with Gasteiger partial charge < -0.3 is 20.5 Å². The minimum atomic E-state index is -0.863. The number of carbonyl (C=O) groups excluding carboxylic acids is 1. The summed E-state index contributed by atoms with van der Waals surface area (Å²) < 4.78 is 46.1. The number of aliphatic hydroxyl groups is 1. The summed E-state index contributed by atoms with van der Waals surface area (Å²) in [6, 6.07) is 14.6. The number of halogens is 3. The number of benzene rings is 3. The molecular formula is C26H19F3N4O3. The molecule has 182 valence electrons. The van der Waals surface area contributed by atoms with Crippen LogP contribution in [0.4, 0.5) is 30.5 Å². The van der Waals surface area contributed by atoms with Gasteiger partial charge in [-0.05, 0) is 48.5 Å². The predicted molar refractivity (Wildman–Crippen MR) is 130 cm³/mol. The number of aliphatic hydroxyl groups excluding tert-OH is 1. The summed E-state index contributed by atoms with van der Waals surface area (Å²) in [6.07, 6.45) is 2.83. The molecule has 10 heteroatoms. The number of methoxy groups -OCH3 is 1. The predicted octanol–water partition coefficient (Wildman–Crippen LogP) is 5.95. The SMILES string of the molecule is COc1ccc(Nc2nccc(/C=C(/O)c3cccc(NC(=O)c4cc(F)ccc4F)c3)n2)cc1F. The van der Waals surface area contributed by atoms with Gasteiger partial charge in [0.2, 0.25) is 5.95 Å². The van der Waals surface area contributed by atoms with Gasteiger partial charge in [0.25, 0.3) is 5.91 Å². The molecule has 1 heterocycles. The summed E-state index contributed by atoms with van der Waals surface area (Å²) in [5.41, 5.74) is 0.885. The number of amides is 1. The molecule has 4 aromatic rings. The van der Waals surface area contributed by atoms with E-state index in [1.807, 2.05) is 0 Å². The number of rotatable bonds is 7. The van der Waals surface area contributed by atoms with Crippen LogP contribution in [0.3, 0.4) is 0 Å². The zero-order valence-electron chi connectivity index (χ0n) is 18.8. The second kappa shape index (κ2) is 10.6. The van der Waals surface area contributed by atoms with Gasteiger partial charge in [0, 0.05) is 35.3 Å². The normalized spacial score (nSPS) is 11.2. The largest absolute Gasteiger partial charge is 0.507 e. The lowest BCUT2D eigenvalue weighted by atomic mass is 10.1. The van der Waals surface area contributed by atoms with Crippen molar-refractivity contribution < 1.29 is 27.8 Å². The first-order chi connectivity index (χ1) is 17.3. The van der Waals surface area contributed by atoms with Crippen LogP contribution in [0.25, 0.3) is 11.8 Å². The number of carbonyl (C=O) groups is 1. The second-order valence-corrected chi connectivity index (χ2v) is 7.47. The van der Waals surface area contributed by atoms with Gasteiger partial charge in [-0.1, -0.05) is 12.1 Å². The Morgan fingerprint density at radius 2 is 1.81 bits per heavy atom. The molecular weight excluding hydrogens is 473 g/mol. The topological polar surface area (TPSA) is 96.4 Å². The highest BCUT2D eigenvalue weighted by molar-refractivity contribution is 6.04. The fourth-order valence-electron chi connectivity index (χ4n) is 3.24. The third-order valence-electron chi connectivity index (χ3n) is 4.96. The van der Waals surface area contributed by atoms with E-state index in [4.69, 9.17) is 4.74 Å². The van der Waals surface area contributed by atoms with Gasteiger partial charge in [-0.15, -0.1) is 0 Å². The summed E-state index contributed by atoms with van der Waals surface area (Å²) >= 11 is 0. The number of hydrogen-bond acceptors (Lipinski definition) is 6. The van der Waals surface area contributed by atoms with Crippen LogP contribution in [-0.2, 0) is 0 Å². The van der Waals surface area contributed by atoms with Gasteiger partial charge >= 0.3 is 0 Å². The molecule has 0 radical (unpaired) electrons. The Labute approximate surface area is 203 Å². The summed E-state index contributed by atoms with van der Waals surface area (Å²) in [5, 5.41) is 15.9. The quantitative estimate of drug-likeness (QED) is 0.276. The first-order valence-corrected chi connectivity index (χ1v) is 10.5. The van der Waals surface area contributed by atoms with Gasteiger partial charge in [-0.3, -0.25) is 4.79 Å². The third-order valence-corrected chi connectivity index (χ3v) is 4.96. The summed E-state index contributed by atoms with van der Waals surface area (Å²) in [5.74, 6) is -2.91. The van der Waals surface area contributed by atoms with Crippen molar-refractivity contribution >= 4 is 35.1 Å². The van der Waals surface area contributed by atoms with Crippen LogP contribution in [-0.4, -0.2) is 28.1 Å². The molecule has 0 atom stereocenters. The Hall–Kier alpha value is -4.86. The molecule has 0 bridgehead atoms. The van der Waals surface area contributed by atoms with Crippen molar-refractivity contribution in [2.24, 2.45) is 0 Å². The van der Waals surface area contributed by atoms with Crippen LogP contribution in [0.15, 0.2) is 72.9 Å². The molecule has 0 aliphatic heterocycles. The van der Waals surface area contributed by atoms with Gasteiger partial charge in [0.05, 0.1) is 18.4 Å². The van der Waals surface area contributed by atoms with Crippen molar-refractivity contribution in [3.05, 3.63) is 107 Å². The molecule has 3 N–H and O–H groups in total. The zero-order chi connectivity index (χ0) is 25.7. The lowest BCUT2D eigenvalue weighted by Crippen LogP contribution is -2.14. The van der Waals surface area contributed by atoms with Crippen LogP contribution in [0.1, 0.15) is 21.6 Å². The van der Waals surface area contributed by atoms with Gasteiger partial charge in [-0.2, -0.15) is 0 Å². The molecule has 0 unspecified atom stereocenters. The van der Waals surface area contributed by atoms with E-state index in [9.17, 15) is 23.1 Å². The summed E-state index contributed by atoms with van der Waals surface area (Å²) in [6.45, 7) is 0. The maximum atomic E-state index is 13.9. The van der Waals surface area contributed by atoms with E-state index in [2.05, 4.69) is 20.6 Å². The molecule has 4 rings (SSSR count). The van der Waals surface area contributed by atoms with Crippen molar-refractivity contribution in [1.29, 1.82) is 0 Å². The summed E-state index contributed by atoms with van der Waals surface area (Å²) in [4.78, 5) is 20.7. The lowest BCUT2D eigenvalue weighted by Gasteiger charge is -2.09. The smallest absolute Gasteiger partial charge is 0.258 e. The highest BCUT2D eigenvalue weighted by Crippen LogP contribution is 2.23. The molecule has 1 amide bonds. The monoisotopic (exact) mass is 492 g/mol. The first-order valence-electron chi connectivity index (χ1n) is 10.5. The molecule has 7 nitrogen and oxygen atoms in total. The van der Waals surface area contributed by atoms with Crippen LogP contribution in [0.2, 0.25) is 0 Å². The number of nitrogens with one attached hydrogen (secondary N) is 2. The number of nitrogens with zero attached hydrogens (tertiary/aromatic N) is 2. The van der Waals surface area contributed by atoms with Gasteiger partial charge in [-0.25, -0.2) is 23.1 Å². The Balaban J connectivity index is 1.51. The lowest BCUT2D eigenvalue weighted by molar-refractivity contribution is 0.102. The highest BCUT2D eigenvalue weighted by atomic mass is 19.1. The number of aromatic nitrogens is 2. The minimum absolute atomic E-state index is 0.0996. The first kappa shape index (κ1) is 24.3. The van der Waals surface area contributed by atoms with Crippen LogP contribution in [0, 0.1) is 17.5 Å². The standard InChI is InChI=1S/C26H19F3N4O3/c1-36-24-8-6-18(13-22(24)29)32-26-30-10-9-19(33-26)14-23(34)15-3-2-4-17(11-15)31-25(35)20-12-16(27)5-7-21(20)28/h2-14,34H,1H3,(H,31,35)(H,30,32,33)/b23-14+. The van der Waals surface area contributed by atoms with Crippen molar-refractivity contribution in [2.45, 2.75) is 0 Å². The molecule has 3 aromatic carbocycles. The molecule has 0 spiro atoms. The Kier molecular flexibility index (Phi) is 7.15.